The standard InChI is InChI=1S/C11H12N4O3S/c1-2-19(17,18)9-5-3-8(4-6-9)13-11(16)10-7-12-15-14-10/h3-7H,2H2,1H3,(H,13,16)(H,12,14,15). The van der Waals surface area contributed by atoms with Gasteiger partial charge in [0.15, 0.2) is 15.5 Å². The Labute approximate surface area is 110 Å². The van der Waals surface area contributed by atoms with Crippen LogP contribution in [0.15, 0.2) is 35.4 Å². The Bertz CT molecular complexity index is 662. The van der Waals surface area contributed by atoms with E-state index in [9.17, 15) is 13.2 Å². The third-order valence-corrected chi connectivity index (χ3v) is 4.25. The van der Waals surface area contributed by atoms with Gasteiger partial charge in [0.05, 0.1) is 16.8 Å². The van der Waals surface area contributed by atoms with Gasteiger partial charge < -0.3 is 5.32 Å². The highest BCUT2D eigenvalue weighted by Gasteiger charge is 2.12. The maximum absolute atomic E-state index is 11.7. The summed E-state index contributed by atoms with van der Waals surface area (Å²) in [7, 11) is -3.23. The van der Waals surface area contributed by atoms with Crippen molar-refractivity contribution < 1.29 is 13.2 Å². The summed E-state index contributed by atoms with van der Waals surface area (Å²) in [6, 6.07) is 5.97. The Morgan fingerprint density at radius 1 is 1.32 bits per heavy atom. The van der Waals surface area contributed by atoms with Gasteiger partial charge in [0.2, 0.25) is 0 Å². The lowest BCUT2D eigenvalue weighted by atomic mass is 10.3. The number of carbonyl (C=O) groups is 1. The molecule has 0 saturated heterocycles. The highest BCUT2D eigenvalue weighted by atomic mass is 32.2. The van der Waals surface area contributed by atoms with Gasteiger partial charge >= 0.3 is 0 Å². The lowest BCUT2D eigenvalue weighted by Gasteiger charge is -2.05. The molecule has 2 aromatic rings. The van der Waals surface area contributed by atoms with E-state index in [1.54, 1.807) is 6.92 Å². The zero-order chi connectivity index (χ0) is 13.9. The highest BCUT2D eigenvalue weighted by Crippen LogP contribution is 2.15. The number of sulfone groups is 1. The molecular formula is C11H12N4O3S. The average Bonchev–Trinajstić information content (AvgIpc) is 2.93. The molecule has 0 saturated carbocycles. The van der Waals surface area contributed by atoms with Crippen molar-refractivity contribution in [1.29, 1.82) is 0 Å². The summed E-state index contributed by atoms with van der Waals surface area (Å²) in [6.45, 7) is 1.58. The van der Waals surface area contributed by atoms with E-state index < -0.39 is 15.7 Å². The van der Waals surface area contributed by atoms with Crippen molar-refractivity contribution in [2.75, 3.05) is 11.1 Å². The van der Waals surface area contributed by atoms with Crippen molar-refractivity contribution in [1.82, 2.24) is 15.4 Å². The van der Waals surface area contributed by atoms with Crippen molar-refractivity contribution >= 4 is 21.4 Å². The molecule has 2 N–H and O–H groups in total. The fourth-order valence-corrected chi connectivity index (χ4v) is 2.30. The van der Waals surface area contributed by atoms with E-state index in [0.717, 1.165) is 0 Å². The van der Waals surface area contributed by atoms with Gasteiger partial charge in [-0.2, -0.15) is 15.4 Å². The average molecular weight is 280 g/mol. The monoisotopic (exact) mass is 280 g/mol. The molecule has 0 radical (unpaired) electrons. The zero-order valence-corrected chi connectivity index (χ0v) is 10.9. The number of nitrogens with one attached hydrogen (secondary N) is 2. The molecule has 0 unspecified atom stereocenters. The van der Waals surface area contributed by atoms with Gasteiger partial charge in [0, 0.05) is 5.69 Å². The van der Waals surface area contributed by atoms with Gasteiger partial charge in [-0.15, -0.1) is 0 Å². The highest BCUT2D eigenvalue weighted by molar-refractivity contribution is 7.91. The van der Waals surface area contributed by atoms with Crippen LogP contribution < -0.4 is 5.32 Å². The number of aromatic amines is 1. The van der Waals surface area contributed by atoms with E-state index in [1.807, 2.05) is 0 Å². The maximum atomic E-state index is 11.7. The predicted molar refractivity (Wildman–Crippen MR) is 68.5 cm³/mol. The Balaban J connectivity index is 2.14. The molecule has 0 aliphatic rings. The van der Waals surface area contributed by atoms with Crippen LogP contribution in [0.3, 0.4) is 0 Å². The van der Waals surface area contributed by atoms with Crippen LogP contribution in [0.4, 0.5) is 5.69 Å². The second-order valence-electron chi connectivity index (χ2n) is 3.74. The van der Waals surface area contributed by atoms with E-state index in [2.05, 4.69) is 20.7 Å². The fraction of sp³-hybridized carbons (Fsp3) is 0.182. The first-order valence-electron chi connectivity index (χ1n) is 5.53. The first-order chi connectivity index (χ1) is 9.03. The van der Waals surface area contributed by atoms with Crippen molar-refractivity contribution in [3.63, 3.8) is 0 Å². The maximum Gasteiger partial charge on any atom is 0.277 e. The molecule has 0 aliphatic heterocycles. The molecule has 7 nitrogen and oxygen atoms in total. The van der Waals surface area contributed by atoms with E-state index >= 15 is 0 Å². The van der Waals surface area contributed by atoms with Gasteiger partial charge in [-0.25, -0.2) is 8.42 Å². The zero-order valence-electron chi connectivity index (χ0n) is 10.1. The molecule has 0 fully saturated rings. The molecule has 100 valence electrons. The van der Waals surface area contributed by atoms with Crippen molar-refractivity contribution in [3.05, 3.63) is 36.2 Å². The normalized spacial score (nSPS) is 11.2. The molecule has 2 rings (SSSR count). The number of nitrogens with zero attached hydrogens (tertiary/aromatic N) is 2. The molecule has 1 aromatic carbocycles. The van der Waals surface area contributed by atoms with Crippen molar-refractivity contribution in [3.8, 4) is 0 Å². The van der Waals surface area contributed by atoms with E-state index in [-0.39, 0.29) is 16.3 Å². The summed E-state index contributed by atoms with van der Waals surface area (Å²) >= 11 is 0. The van der Waals surface area contributed by atoms with Gasteiger partial charge in [0.25, 0.3) is 5.91 Å². The van der Waals surface area contributed by atoms with Crippen molar-refractivity contribution in [2.45, 2.75) is 11.8 Å². The number of H-pyrrole nitrogens is 1. The number of benzene rings is 1. The van der Waals surface area contributed by atoms with Crippen LogP contribution in [0.2, 0.25) is 0 Å². The number of anilines is 1. The van der Waals surface area contributed by atoms with E-state index in [1.165, 1.54) is 30.5 Å². The van der Waals surface area contributed by atoms with Crippen LogP contribution in [0, 0.1) is 0 Å². The second-order valence-corrected chi connectivity index (χ2v) is 6.02. The van der Waals surface area contributed by atoms with Crippen molar-refractivity contribution in [2.24, 2.45) is 0 Å². The fourth-order valence-electron chi connectivity index (χ4n) is 1.42. The number of hydrogen-bond acceptors (Lipinski definition) is 5. The molecule has 19 heavy (non-hydrogen) atoms. The summed E-state index contributed by atoms with van der Waals surface area (Å²) in [5.41, 5.74) is 0.647. The van der Waals surface area contributed by atoms with Gasteiger partial charge in [-0.05, 0) is 24.3 Å². The largest absolute Gasteiger partial charge is 0.321 e. The Morgan fingerprint density at radius 3 is 2.53 bits per heavy atom. The van der Waals surface area contributed by atoms with E-state index in [0.29, 0.717) is 5.69 Å². The topological polar surface area (TPSA) is 105 Å². The third-order valence-electron chi connectivity index (χ3n) is 2.50. The first kappa shape index (κ1) is 13.2. The molecule has 0 spiro atoms. The van der Waals surface area contributed by atoms with E-state index in [4.69, 9.17) is 0 Å². The summed E-state index contributed by atoms with van der Waals surface area (Å²) in [5, 5.41) is 12.1. The summed E-state index contributed by atoms with van der Waals surface area (Å²) < 4.78 is 23.2. The smallest absolute Gasteiger partial charge is 0.277 e. The van der Waals surface area contributed by atoms with Crippen LogP contribution in [-0.4, -0.2) is 35.5 Å². The lowest BCUT2D eigenvalue weighted by Crippen LogP contribution is -2.12. The van der Waals surface area contributed by atoms with Gasteiger partial charge in [0.1, 0.15) is 0 Å². The number of amides is 1. The second kappa shape index (κ2) is 5.19. The number of hydrogen-bond donors (Lipinski definition) is 2. The first-order valence-corrected chi connectivity index (χ1v) is 7.18. The lowest BCUT2D eigenvalue weighted by molar-refractivity contribution is 0.102. The molecule has 1 amide bonds. The quantitative estimate of drug-likeness (QED) is 0.863. The van der Waals surface area contributed by atoms with Crippen LogP contribution in [0.5, 0.6) is 0 Å². The minimum Gasteiger partial charge on any atom is -0.321 e. The van der Waals surface area contributed by atoms with Gasteiger partial charge in [-0.1, -0.05) is 6.92 Å². The molecule has 1 heterocycles. The molecular weight excluding hydrogens is 268 g/mol. The predicted octanol–water partition coefficient (Wildman–Crippen LogP) is 0.851. The Morgan fingerprint density at radius 2 is 2.00 bits per heavy atom. The third kappa shape index (κ3) is 2.97. The minimum atomic E-state index is -3.23. The van der Waals surface area contributed by atoms with Crippen LogP contribution in [-0.2, 0) is 9.84 Å². The minimum absolute atomic E-state index is 0.0393. The summed E-state index contributed by atoms with van der Waals surface area (Å²) in [6.07, 6.45) is 1.30. The number of carbonyl (C=O) groups excluding carboxylic acids is 1. The molecule has 8 heteroatoms. The SMILES string of the molecule is CCS(=O)(=O)c1ccc(NC(=O)c2cn[nH]n2)cc1. The van der Waals surface area contributed by atoms with Gasteiger partial charge in [-0.3, -0.25) is 4.79 Å². The molecule has 0 bridgehead atoms. The molecule has 1 aromatic heterocycles. The van der Waals surface area contributed by atoms with Crippen LogP contribution in [0.25, 0.3) is 0 Å². The summed E-state index contributed by atoms with van der Waals surface area (Å²) in [5.74, 6) is -0.377. The molecule has 0 atom stereocenters. The Kier molecular flexibility index (Phi) is 3.61. The Hall–Kier alpha value is -2.22. The number of aromatic nitrogens is 3. The molecule has 0 aliphatic carbocycles. The number of rotatable bonds is 4. The van der Waals surface area contributed by atoms with Crippen LogP contribution in [0.1, 0.15) is 17.4 Å². The summed E-state index contributed by atoms with van der Waals surface area (Å²) in [4.78, 5) is 11.9. The van der Waals surface area contributed by atoms with Crippen LogP contribution >= 0.6 is 0 Å².